The van der Waals surface area contributed by atoms with Gasteiger partial charge < -0.3 is 11.1 Å². The summed E-state index contributed by atoms with van der Waals surface area (Å²) in [6.07, 6.45) is 0. The van der Waals surface area contributed by atoms with Crippen LogP contribution in [0.1, 0.15) is 19.4 Å². The third-order valence-electron chi connectivity index (χ3n) is 2.00. The lowest BCUT2D eigenvalue weighted by molar-refractivity contribution is 0.243. The fourth-order valence-corrected chi connectivity index (χ4v) is 2.35. The fourth-order valence-electron chi connectivity index (χ4n) is 1.30. The van der Waals surface area contributed by atoms with Crippen LogP contribution in [0.2, 0.25) is 0 Å². The highest BCUT2D eigenvalue weighted by Crippen LogP contribution is 2.08. The van der Waals surface area contributed by atoms with E-state index in [2.05, 4.69) is 5.32 Å². The molecule has 1 rings (SSSR count). The molecule has 0 saturated carbocycles. The summed E-state index contributed by atoms with van der Waals surface area (Å²) < 4.78 is 25.3. The Morgan fingerprint density at radius 2 is 1.83 bits per heavy atom. The van der Waals surface area contributed by atoms with Crippen LogP contribution in [-0.2, 0) is 15.8 Å². The zero-order chi connectivity index (χ0) is 13.8. The summed E-state index contributed by atoms with van der Waals surface area (Å²) in [7, 11) is -3.70. The van der Waals surface area contributed by atoms with Crippen molar-refractivity contribution in [1.29, 1.82) is 0 Å². The van der Waals surface area contributed by atoms with Gasteiger partial charge in [-0.3, -0.25) is 0 Å². The van der Waals surface area contributed by atoms with Crippen molar-refractivity contribution in [3.05, 3.63) is 29.8 Å². The van der Waals surface area contributed by atoms with E-state index in [0.717, 1.165) is 0 Å². The van der Waals surface area contributed by atoms with Gasteiger partial charge in [-0.1, -0.05) is 12.1 Å². The van der Waals surface area contributed by atoms with Gasteiger partial charge in [0, 0.05) is 11.7 Å². The molecule has 0 aromatic heterocycles. The first-order valence-corrected chi connectivity index (χ1v) is 7.09. The lowest BCUT2D eigenvalue weighted by Crippen LogP contribution is -2.42. The molecule has 7 heteroatoms. The molecule has 1 aromatic carbocycles. The number of amides is 2. The van der Waals surface area contributed by atoms with Crippen LogP contribution >= 0.6 is 0 Å². The van der Waals surface area contributed by atoms with E-state index in [1.54, 1.807) is 38.1 Å². The van der Waals surface area contributed by atoms with Crippen LogP contribution in [0.4, 0.5) is 10.5 Å². The van der Waals surface area contributed by atoms with Gasteiger partial charge in [-0.15, -0.1) is 0 Å². The SMILES string of the molecule is CC(C)NC(=O)NS(=O)(=O)Cc1ccc(N)cc1. The minimum atomic E-state index is -3.70. The molecule has 18 heavy (non-hydrogen) atoms. The number of hydrogen-bond acceptors (Lipinski definition) is 4. The first-order chi connectivity index (χ1) is 8.28. The normalized spacial score (nSPS) is 11.3. The van der Waals surface area contributed by atoms with E-state index in [0.29, 0.717) is 11.3 Å². The third kappa shape index (κ3) is 5.05. The summed E-state index contributed by atoms with van der Waals surface area (Å²) in [5.41, 5.74) is 6.62. The molecule has 0 saturated heterocycles. The van der Waals surface area contributed by atoms with Crippen molar-refractivity contribution in [2.45, 2.75) is 25.6 Å². The van der Waals surface area contributed by atoms with Crippen LogP contribution in [-0.4, -0.2) is 20.5 Å². The second kappa shape index (κ2) is 5.72. The van der Waals surface area contributed by atoms with Crippen LogP contribution in [0.3, 0.4) is 0 Å². The molecule has 4 N–H and O–H groups in total. The van der Waals surface area contributed by atoms with Crippen LogP contribution < -0.4 is 15.8 Å². The summed E-state index contributed by atoms with van der Waals surface area (Å²) in [5.74, 6) is -0.265. The number of carbonyl (C=O) groups excluding carboxylic acids is 1. The summed E-state index contributed by atoms with van der Waals surface area (Å²) in [4.78, 5) is 11.3. The van der Waals surface area contributed by atoms with Crippen LogP contribution in [0, 0.1) is 0 Å². The summed E-state index contributed by atoms with van der Waals surface area (Å²) >= 11 is 0. The molecule has 2 amide bonds. The molecule has 0 aliphatic rings. The van der Waals surface area contributed by atoms with Gasteiger partial charge in [-0.2, -0.15) is 0 Å². The summed E-state index contributed by atoms with van der Waals surface area (Å²) in [6, 6.07) is 5.58. The van der Waals surface area contributed by atoms with Crippen molar-refractivity contribution in [2.75, 3.05) is 5.73 Å². The minimum absolute atomic E-state index is 0.128. The Balaban J connectivity index is 2.65. The highest BCUT2D eigenvalue weighted by molar-refractivity contribution is 7.89. The molecular weight excluding hydrogens is 254 g/mol. The first kappa shape index (κ1) is 14.3. The Morgan fingerprint density at radius 3 is 2.33 bits per heavy atom. The highest BCUT2D eigenvalue weighted by Gasteiger charge is 2.15. The van der Waals surface area contributed by atoms with E-state index < -0.39 is 16.1 Å². The van der Waals surface area contributed by atoms with E-state index in [4.69, 9.17) is 5.73 Å². The minimum Gasteiger partial charge on any atom is -0.399 e. The van der Waals surface area contributed by atoms with Crippen molar-refractivity contribution < 1.29 is 13.2 Å². The molecule has 0 radical (unpaired) electrons. The maximum atomic E-state index is 11.7. The van der Waals surface area contributed by atoms with E-state index in [1.165, 1.54) is 0 Å². The average Bonchev–Trinajstić information content (AvgIpc) is 2.18. The molecule has 100 valence electrons. The molecule has 0 spiro atoms. The Kier molecular flexibility index (Phi) is 4.55. The predicted molar refractivity (Wildman–Crippen MR) is 70.3 cm³/mol. The standard InChI is InChI=1S/C11H17N3O3S/c1-8(2)13-11(15)14-18(16,17)7-9-3-5-10(12)6-4-9/h3-6,8H,7,12H2,1-2H3,(H2,13,14,15). The van der Waals surface area contributed by atoms with Gasteiger partial charge in [0.05, 0.1) is 5.75 Å². The number of carbonyl (C=O) groups is 1. The Bertz CT molecular complexity index is 509. The van der Waals surface area contributed by atoms with Crippen molar-refractivity contribution in [2.24, 2.45) is 0 Å². The number of sulfonamides is 1. The van der Waals surface area contributed by atoms with Gasteiger partial charge >= 0.3 is 6.03 Å². The largest absolute Gasteiger partial charge is 0.399 e. The molecule has 0 aliphatic heterocycles. The van der Waals surface area contributed by atoms with Crippen molar-refractivity contribution in [3.8, 4) is 0 Å². The van der Waals surface area contributed by atoms with Crippen LogP contribution in [0.25, 0.3) is 0 Å². The van der Waals surface area contributed by atoms with Gasteiger partial charge in [0.15, 0.2) is 0 Å². The Morgan fingerprint density at radius 1 is 1.28 bits per heavy atom. The monoisotopic (exact) mass is 271 g/mol. The molecule has 0 aliphatic carbocycles. The predicted octanol–water partition coefficient (Wildman–Crippen LogP) is 0.806. The number of nitrogens with two attached hydrogens (primary N) is 1. The van der Waals surface area contributed by atoms with E-state index in [9.17, 15) is 13.2 Å². The summed E-state index contributed by atoms with van der Waals surface area (Å²) in [5, 5.41) is 2.44. The van der Waals surface area contributed by atoms with E-state index in [1.807, 2.05) is 4.72 Å². The summed E-state index contributed by atoms with van der Waals surface area (Å²) in [6.45, 7) is 3.48. The topological polar surface area (TPSA) is 101 Å². The number of nitrogens with one attached hydrogen (secondary N) is 2. The van der Waals surface area contributed by atoms with Gasteiger partial charge in [-0.05, 0) is 31.5 Å². The number of urea groups is 1. The zero-order valence-electron chi connectivity index (χ0n) is 10.3. The fraction of sp³-hybridized carbons (Fsp3) is 0.364. The molecule has 0 atom stereocenters. The zero-order valence-corrected chi connectivity index (χ0v) is 11.1. The first-order valence-electron chi connectivity index (χ1n) is 5.44. The second-order valence-electron chi connectivity index (χ2n) is 4.23. The number of anilines is 1. The molecule has 6 nitrogen and oxygen atoms in total. The van der Waals surface area contributed by atoms with Crippen molar-refractivity contribution in [1.82, 2.24) is 10.0 Å². The number of benzene rings is 1. The Labute approximate surface area is 107 Å². The number of rotatable bonds is 4. The molecule has 0 fully saturated rings. The van der Waals surface area contributed by atoms with Gasteiger partial charge in [0.1, 0.15) is 0 Å². The number of nitrogen functional groups attached to an aromatic ring is 1. The van der Waals surface area contributed by atoms with E-state index >= 15 is 0 Å². The smallest absolute Gasteiger partial charge is 0.328 e. The van der Waals surface area contributed by atoms with Gasteiger partial charge in [0.2, 0.25) is 10.0 Å². The molecule has 0 unspecified atom stereocenters. The molecular formula is C11H17N3O3S. The van der Waals surface area contributed by atoms with Crippen LogP contribution in [0.5, 0.6) is 0 Å². The van der Waals surface area contributed by atoms with Crippen molar-refractivity contribution in [3.63, 3.8) is 0 Å². The Hall–Kier alpha value is -1.76. The maximum Gasteiger partial charge on any atom is 0.328 e. The second-order valence-corrected chi connectivity index (χ2v) is 5.95. The maximum absolute atomic E-state index is 11.7. The van der Waals surface area contributed by atoms with E-state index in [-0.39, 0.29) is 11.8 Å². The molecule has 0 heterocycles. The van der Waals surface area contributed by atoms with Crippen LogP contribution in [0.15, 0.2) is 24.3 Å². The molecule has 0 bridgehead atoms. The average molecular weight is 271 g/mol. The quantitative estimate of drug-likeness (QED) is 0.705. The highest BCUT2D eigenvalue weighted by atomic mass is 32.2. The number of hydrogen-bond donors (Lipinski definition) is 3. The molecule has 1 aromatic rings. The van der Waals surface area contributed by atoms with Gasteiger partial charge in [0.25, 0.3) is 0 Å². The third-order valence-corrected chi connectivity index (χ3v) is 3.21. The lowest BCUT2D eigenvalue weighted by atomic mass is 10.2. The van der Waals surface area contributed by atoms with Crippen molar-refractivity contribution >= 4 is 21.7 Å². The lowest BCUT2D eigenvalue weighted by Gasteiger charge is -2.10. The van der Waals surface area contributed by atoms with Gasteiger partial charge in [-0.25, -0.2) is 17.9 Å².